The van der Waals surface area contributed by atoms with Gasteiger partial charge in [0, 0.05) is 5.57 Å². The molecule has 2 fully saturated rings. The van der Waals surface area contributed by atoms with Gasteiger partial charge in [0.2, 0.25) is 0 Å². The minimum absolute atomic E-state index is 0.313. The summed E-state index contributed by atoms with van der Waals surface area (Å²) < 4.78 is 11.7. The van der Waals surface area contributed by atoms with Gasteiger partial charge in [-0.2, -0.15) is 0 Å². The maximum Gasteiger partial charge on any atom is 0.331 e. The number of fused-ring (bicyclic) bond motifs is 1. The van der Waals surface area contributed by atoms with Crippen LogP contribution in [0.4, 0.5) is 0 Å². The van der Waals surface area contributed by atoms with Crippen molar-refractivity contribution in [2.24, 2.45) is 11.8 Å². The average Bonchev–Trinajstić information content (AvgIpc) is 3.30. The second-order valence-electron chi connectivity index (χ2n) is 7.73. The van der Waals surface area contributed by atoms with Gasteiger partial charge in [0.1, 0.15) is 0 Å². The third-order valence-corrected chi connectivity index (χ3v) is 6.18. The molecule has 3 aliphatic rings. The second kappa shape index (κ2) is 6.74. The van der Waals surface area contributed by atoms with E-state index in [1.807, 2.05) is 12.1 Å². The fraction of sp³-hybridized carbons (Fsp3) is 0.571. The number of allylic oxidation sites excluding steroid dienone is 1. The van der Waals surface area contributed by atoms with Gasteiger partial charge in [-0.1, -0.05) is 12.1 Å². The number of methoxy groups -OCH3 is 1. The van der Waals surface area contributed by atoms with Crippen LogP contribution in [0.15, 0.2) is 29.8 Å². The van der Waals surface area contributed by atoms with Crippen molar-refractivity contribution in [3.63, 3.8) is 0 Å². The van der Waals surface area contributed by atoms with Crippen LogP contribution in [0, 0.1) is 11.8 Å². The first-order valence-electron chi connectivity index (χ1n) is 9.42. The third kappa shape index (κ3) is 3.26. The number of ether oxygens (including phenoxy) is 2. The molecule has 0 saturated heterocycles. The number of carboxylic acids is 1. The van der Waals surface area contributed by atoms with Crippen LogP contribution in [0.5, 0.6) is 11.5 Å². The molecule has 0 unspecified atom stereocenters. The molecule has 0 spiro atoms. The van der Waals surface area contributed by atoms with Crippen molar-refractivity contribution in [3.05, 3.63) is 35.4 Å². The van der Waals surface area contributed by atoms with E-state index in [9.17, 15) is 9.90 Å². The van der Waals surface area contributed by atoms with Crippen LogP contribution in [0.25, 0.3) is 0 Å². The van der Waals surface area contributed by atoms with E-state index < -0.39 is 5.97 Å². The highest BCUT2D eigenvalue weighted by Crippen LogP contribution is 2.50. The SMILES string of the molecule is COc1ccc([C@@H]2C[C@H]3CC(C(=O)O)=C[C@H]3C2)cc1OC1CCCC1. The topological polar surface area (TPSA) is 55.8 Å². The van der Waals surface area contributed by atoms with Crippen molar-refractivity contribution in [3.8, 4) is 11.5 Å². The minimum Gasteiger partial charge on any atom is -0.493 e. The summed E-state index contributed by atoms with van der Waals surface area (Å²) in [6.45, 7) is 0. The number of hydrogen-bond acceptors (Lipinski definition) is 3. The Morgan fingerprint density at radius 2 is 1.96 bits per heavy atom. The normalized spacial score (nSPS) is 28.7. The molecule has 0 radical (unpaired) electrons. The maximum atomic E-state index is 11.2. The summed E-state index contributed by atoms with van der Waals surface area (Å²) >= 11 is 0. The van der Waals surface area contributed by atoms with Gasteiger partial charge in [-0.15, -0.1) is 0 Å². The Morgan fingerprint density at radius 3 is 2.64 bits per heavy atom. The molecule has 2 saturated carbocycles. The predicted octanol–water partition coefficient (Wildman–Crippen LogP) is 4.54. The van der Waals surface area contributed by atoms with Gasteiger partial charge >= 0.3 is 5.97 Å². The van der Waals surface area contributed by atoms with Gasteiger partial charge in [-0.3, -0.25) is 0 Å². The van der Waals surface area contributed by atoms with E-state index in [-0.39, 0.29) is 0 Å². The lowest BCUT2D eigenvalue weighted by molar-refractivity contribution is -0.132. The predicted molar refractivity (Wildman–Crippen MR) is 95.2 cm³/mol. The van der Waals surface area contributed by atoms with Crippen molar-refractivity contribution in [2.45, 2.75) is 57.0 Å². The van der Waals surface area contributed by atoms with E-state index in [1.165, 1.54) is 18.4 Å². The zero-order valence-electron chi connectivity index (χ0n) is 14.7. The highest BCUT2D eigenvalue weighted by Gasteiger charge is 2.39. The molecule has 0 aliphatic heterocycles. The Hall–Kier alpha value is -1.97. The van der Waals surface area contributed by atoms with Crippen LogP contribution in [0.3, 0.4) is 0 Å². The second-order valence-corrected chi connectivity index (χ2v) is 7.73. The number of aliphatic carboxylic acids is 1. The molecule has 134 valence electrons. The summed E-state index contributed by atoms with van der Waals surface area (Å²) in [5.41, 5.74) is 1.90. The summed E-state index contributed by atoms with van der Waals surface area (Å²) in [4.78, 5) is 11.2. The number of benzene rings is 1. The quantitative estimate of drug-likeness (QED) is 0.853. The van der Waals surface area contributed by atoms with Crippen LogP contribution in [0.2, 0.25) is 0 Å². The van der Waals surface area contributed by atoms with E-state index in [4.69, 9.17) is 9.47 Å². The van der Waals surface area contributed by atoms with E-state index in [1.54, 1.807) is 7.11 Å². The Labute approximate surface area is 148 Å². The zero-order valence-corrected chi connectivity index (χ0v) is 14.7. The van der Waals surface area contributed by atoms with Gasteiger partial charge in [-0.25, -0.2) is 4.79 Å². The smallest absolute Gasteiger partial charge is 0.331 e. The molecule has 4 nitrogen and oxygen atoms in total. The lowest BCUT2D eigenvalue weighted by Gasteiger charge is -2.19. The van der Waals surface area contributed by atoms with E-state index in [0.29, 0.717) is 29.4 Å². The highest BCUT2D eigenvalue weighted by atomic mass is 16.5. The fourth-order valence-electron chi connectivity index (χ4n) is 4.86. The first-order chi connectivity index (χ1) is 12.1. The van der Waals surface area contributed by atoms with E-state index >= 15 is 0 Å². The first-order valence-corrected chi connectivity index (χ1v) is 9.42. The standard InChI is InChI=1S/C21H26O4/c1-24-19-7-6-13(12-20(19)25-18-4-2-3-5-18)14-8-15-10-17(21(22)23)11-16(15)9-14/h6-7,10,12,14-16,18H,2-5,8-9,11H2,1H3,(H,22,23)/t14-,15+,16-/m0/s1. The Balaban J connectivity index is 1.50. The molecule has 0 bridgehead atoms. The maximum absolute atomic E-state index is 11.2. The molecule has 3 aliphatic carbocycles. The third-order valence-electron chi connectivity index (χ3n) is 6.18. The molecule has 0 heterocycles. The Morgan fingerprint density at radius 1 is 1.16 bits per heavy atom. The number of hydrogen-bond donors (Lipinski definition) is 1. The van der Waals surface area contributed by atoms with Gasteiger partial charge < -0.3 is 14.6 Å². The lowest BCUT2D eigenvalue weighted by Crippen LogP contribution is -2.12. The molecule has 1 aromatic rings. The number of carbonyl (C=O) groups is 1. The summed E-state index contributed by atoms with van der Waals surface area (Å²) in [5.74, 6) is 2.31. The minimum atomic E-state index is -0.748. The molecule has 0 amide bonds. The van der Waals surface area contributed by atoms with E-state index in [2.05, 4.69) is 12.1 Å². The Bertz CT molecular complexity index is 687. The van der Waals surface area contributed by atoms with Crippen molar-refractivity contribution in [2.75, 3.05) is 7.11 Å². The summed E-state index contributed by atoms with van der Waals surface area (Å²) in [7, 11) is 1.69. The van der Waals surface area contributed by atoms with Gasteiger partial charge in [0.25, 0.3) is 0 Å². The van der Waals surface area contributed by atoms with Crippen molar-refractivity contribution < 1.29 is 19.4 Å². The highest BCUT2D eigenvalue weighted by molar-refractivity contribution is 5.87. The van der Waals surface area contributed by atoms with Gasteiger partial charge in [0.05, 0.1) is 13.2 Å². The van der Waals surface area contributed by atoms with Crippen LogP contribution < -0.4 is 9.47 Å². The molecular weight excluding hydrogens is 316 g/mol. The number of carboxylic acid groups (broad SMARTS) is 1. The van der Waals surface area contributed by atoms with Crippen LogP contribution in [0.1, 0.15) is 56.4 Å². The first kappa shape index (κ1) is 16.5. The molecule has 4 heteroatoms. The van der Waals surface area contributed by atoms with Crippen LogP contribution in [-0.4, -0.2) is 24.3 Å². The van der Waals surface area contributed by atoms with Crippen molar-refractivity contribution in [1.82, 2.24) is 0 Å². The molecular formula is C21H26O4. The fourth-order valence-corrected chi connectivity index (χ4v) is 4.86. The van der Waals surface area contributed by atoms with E-state index in [0.717, 1.165) is 43.6 Å². The number of rotatable bonds is 5. The molecule has 25 heavy (non-hydrogen) atoms. The molecule has 3 atom stereocenters. The summed E-state index contributed by atoms with van der Waals surface area (Å²) in [6.07, 6.45) is 9.88. The van der Waals surface area contributed by atoms with Crippen LogP contribution >= 0.6 is 0 Å². The summed E-state index contributed by atoms with van der Waals surface area (Å²) in [5, 5.41) is 9.18. The molecule has 1 N–H and O–H groups in total. The van der Waals surface area contributed by atoms with Crippen molar-refractivity contribution >= 4 is 5.97 Å². The lowest BCUT2D eigenvalue weighted by atomic mass is 9.94. The zero-order chi connectivity index (χ0) is 17.4. The largest absolute Gasteiger partial charge is 0.493 e. The van der Waals surface area contributed by atoms with Crippen molar-refractivity contribution in [1.29, 1.82) is 0 Å². The van der Waals surface area contributed by atoms with Gasteiger partial charge in [0.15, 0.2) is 11.5 Å². The molecule has 1 aromatic carbocycles. The van der Waals surface area contributed by atoms with Gasteiger partial charge in [-0.05, 0) is 80.4 Å². The monoisotopic (exact) mass is 342 g/mol. The van der Waals surface area contributed by atoms with Crippen LogP contribution in [-0.2, 0) is 4.79 Å². The molecule has 0 aromatic heterocycles. The summed E-state index contributed by atoms with van der Waals surface area (Å²) in [6, 6.07) is 6.32. The molecule has 4 rings (SSSR count). The average molecular weight is 342 g/mol. The Kier molecular flexibility index (Phi) is 4.45.